The van der Waals surface area contributed by atoms with E-state index in [9.17, 15) is 4.79 Å². The summed E-state index contributed by atoms with van der Waals surface area (Å²) in [4.78, 5) is 15.9. The average Bonchev–Trinajstić information content (AvgIpc) is 2.77. The van der Waals surface area contributed by atoms with Crippen LogP contribution in [0.3, 0.4) is 0 Å². The number of hydrogen-bond acceptors (Lipinski definition) is 4. The van der Waals surface area contributed by atoms with Crippen molar-refractivity contribution in [2.75, 3.05) is 7.11 Å². The molecule has 0 saturated heterocycles. The third-order valence-electron chi connectivity index (χ3n) is 3.15. The fourth-order valence-corrected chi connectivity index (χ4v) is 3.18. The fraction of sp³-hybridized carbons (Fsp3) is 0.667. The van der Waals surface area contributed by atoms with Gasteiger partial charge in [0.15, 0.2) is 0 Å². The van der Waals surface area contributed by atoms with Gasteiger partial charge in [-0.2, -0.15) is 0 Å². The van der Waals surface area contributed by atoms with Gasteiger partial charge in [-0.1, -0.05) is 20.8 Å². The molecule has 0 bridgehead atoms. The number of ether oxygens (including phenoxy) is 1. The monoisotopic (exact) mass is 257 g/mol. The van der Waals surface area contributed by atoms with Crippen molar-refractivity contribution in [1.82, 2.24) is 4.98 Å². The summed E-state index contributed by atoms with van der Waals surface area (Å²) >= 11 is 1.24. The van der Waals surface area contributed by atoms with Gasteiger partial charge in [0.05, 0.1) is 5.69 Å². The van der Waals surface area contributed by atoms with E-state index in [1.807, 2.05) is 20.8 Å². The molecule has 0 radical (unpaired) electrons. The van der Waals surface area contributed by atoms with Gasteiger partial charge in [-0.05, 0) is 19.3 Å². The van der Waals surface area contributed by atoms with Crippen LogP contribution in [0, 0.1) is 0 Å². The molecule has 0 saturated carbocycles. The molecular weight excluding hydrogens is 238 g/mol. The Labute approximate surface area is 106 Å². The number of thiazole rings is 1. The molecule has 1 rings (SSSR count). The smallest absolute Gasteiger partial charge is 0.347 e. The minimum Gasteiger partial charge on any atom is -0.477 e. The Balaban J connectivity index is 3.26. The first-order valence-corrected chi connectivity index (χ1v) is 6.64. The molecule has 0 aliphatic carbocycles. The SMILES string of the molecule is CCc1nc(C(CC)(CC)OC)sc1C(=O)O. The van der Waals surface area contributed by atoms with Crippen LogP contribution in [-0.4, -0.2) is 23.2 Å². The van der Waals surface area contributed by atoms with Crippen LogP contribution in [0.15, 0.2) is 0 Å². The zero-order chi connectivity index (χ0) is 13.1. The van der Waals surface area contributed by atoms with Gasteiger partial charge in [0.25, 0.3) is 0 Å². The summed E-state index contributed by atoms with van der Waals surface area (Å²) in [6, 6.07) is 0. The average molecular weight is 257 g/mol. The largest absolute Gasteiger partial charge is 0.477 e. The van der Waals surface area contributed by atoms with Gasteiger partial charge in [-0.3, -0.25) is 0 Å². The Morgan fingerprint density at radius 1 is 1.41 bits per heavy atom. The highest BCUT2D eigenvalue weighted by Crippen LogP contribution is 2.36. The van der Waals surface area contributed by atoms with Crippen molar-refractivity contribution in [2.45, 2.75) is 45.6 Å². The summed E-state index contributed by atoms with van der Waals surface area (Å²) in [7, 11) is 1.65. The molecule has 0 aromatic carbocycles. The summed E-state index contributed by atoms with van der Waals surface area (Å²) in [5, 5.41) is 9.90. The summed E-state index contributed by atoms with van der Waals surface area (Å²) in [6.45, 7) is 5.97. The highest BCUT2D eigenvalue weighted by atomic mass is 32.1. The minimum absolute atomic E-state index is 0.339. The van der Waals surface area contributed by atoms with Crippen molar-refractivity contribution in [1.29, 1.82) is 0 Å². The van der Waals surface area contributed by atoms with E-state index in [1.54, 1.807) is 7.11 Å². The third kappa shape index (κ3) is 2.50. The molecule has 1 aromatic heterocycles. The number of aromatic carboxylic acids is 1. The Hall–Kier alpha value is -0.940. The van der Waals surface area contributed by atoms with Crippen molar-refractivity contribution >= 4 is 17.3 Å². The van der Waals surface area contributed by atoms with Crippen molar-refractivity contribution in [3.05, 3.63) is 15.6 Å². The maximum absolute atomic E-state index is 11.1. The number of aryl methyl sites for hydroxylation is 1. The van der Waals surface area contributed by atoms with E-state index in [4.69, 9.17) is 9.84 Å². The number of carboxylic acid groups (broad SMARTS) is 1. The summed E-state index contributed by atoms with van der Waals surface area (Å²) in [6.07, 6.45) is 2.21. The highest BCUT2D eigenvalue weighted by molar-refractivity contribution is 7.13. The van der Waals surface area contributed by atoms with Crippen LogP contribution < -0.4 is 0 Å². The molecule has 1 aromatic rings. The van der Waals surface area contributed by atoms with Crippen LogP contribution in [0.5, 0.6) is 0 Å². The quantitative estimate of drug-likeness (QED) is 0.850. The molecule has 0 atom stereocenters. The first-order chi connectivity index (χ1) is 8.04. The minimum atomic E-state index is -0.900. The van der Waals surface area contributed by atoms with Crippen molar-refractivity contribution in [2.24, 2.45) is 0 Å². The molecular formula is C12H19NO3S. The van der Waals surface area contributed by atoms with E-state index in [0.29, 0.717) is 17.0 Å². The molecule has 0 amide bonds. The predicted octanol–water partition coefficient (Wildman–Crippen LogP) is 3.07. The molecule has 4 nitrogen and oxygen atoms in total. The number of rotatable bonds is 6. The standard InChI is InChI=1S/C12H19NO3S/c1-5-8-9(10(14)15)17-11(13-8)12(6-2,7-3)16-4/h5-7H2,1-4H3,(H,14,15). The van der Waals surface area contributed by atoms with Gasteiger partial charge < -0.3 is 9.84 Å². The lowest BCUT2D eigenvalue weighted by atomic mass is 9.98. The number of carboxylic acids is 1. The maximum Gasteiger partial charge on any atom is 0.347 e. The number of nitrogens with zero attached hydrogens (tertiary/aromatic N) is 1. The fourth-order valence-electron chi connectivity index (χ4n) is 1.88. The Bertz CT molecular complexity index is 388. The van der Waals surface area contributed by atoms with E-state index >= 15 is 0 Å². The molecule has 0 fully saturated rings. The molecule has 5 heteroatoms. The van der Waals surface area contributed by atoms with Crippen LogP contribution in [-0.2, 0) is 16.8 Å². The lowest BCUT2D eigenvalue weighted by Crippen LogP contribution is -2.26. The molecule has 1 heterocycles. The summed E-state index contributed by atoms with van der Waals surface area (Å²) in [5.74, 6) is -0.900. The van der Waals surface area contributed by atoms with Gasteiger partial charge in [0.2, 0.25) is 0 Å². The van der Waals surface area contributed by atoms with Gasteiger partial charge in [-0.15, -0.1) is 11.3 Å². The highest BCUT2D eigenvalue weighted by Gasteiger charge is 2.33. The zero-order valence-corrected chi connectivity index (χ0v) is 11.6. The first-order valence-electron chi connectivity index (χ1n) is 5.83. The number of hydrogen-bond donors (Lipinski definition) is 1. The van der Waals surface area contributed by atoms with Gasteiger partial charge >= 0.3 is 5.97 Å². The van der Waals surface area contributed by atoms with Gasteiger partial charge in [0.1, 0.15) is 15.5 Å². The Kier molecular flexibility index (Phi) is 4.65. The summed E-state index contributed by atoms with van der Waals surface area (Å²) in [5.41, 5.74) is 0.211. The Morgan fingerprint density at radius 2 is 2.00 bits per heavy atom. The lowest BCUT2D eigenvalue weighted by molar-refractivity contribution is -0.0219. The topological polar surface area (TPSA) is 59.4 Å². The summed E-state index contributed by atoms with van der Waals surface area (Å²) < 4.78 is 5.57. The normalized spacial score (nSPS) is 11.8. The van der Waals surface area contributed by atoms with E-state index < -0.39 is 11.6 Å². The molecule has 0 aliphatic rings. The van der Waals surface area contributed by atoms with Crippen LogP contribution in [0.25, 0.3) is 0 Å². The van der Waals surface area contributed by atoms with Crippen molar-refractivity contribution in [3.8, 4) is 0 Å². The number of carbonyl (C=O) groups is 1. The van der Waals surface area contributed by atoms with Crippen LogP contribution in [0.4, 0.5) is 0 Å². The number of methoxy groups -OCH3 is 1. The van der Waals surface area contributed by atoms with E-state index in [2.05, 4.69) is 4.98 Å². The third-order valence-corrected chi connectivity index (χ3v) is 4.42. The Morgan fingerprint density at radius 3 is 2.29 bits per heavy atom. The van der Waals surface area contributed by atoms with E-state index in [1.165, 1.54) is 11.3 Å². The van der Waals surface area contributed by atoms with Gasteiger partial charge in [-0.25, -0.2) is 9.78 Å². The molecule has 1 N–H and O–H groups in total. The van der Waals surface area contributed by atoms with Crippen LogP contribution >= 0.6 is 11.3 Å². The van der Waals surface area contributed by atoms with Gasteiger partial charge in [0, 0.05) is 7.11 Å². The first kappa shape index (κ1) is 14.1. The molecule has 0 aliphatic heterocycles. The van der Waals surface area contributed by atoms with Crippen molar-refractivity contribution < 1.29 is 14.6 Å². The lowest BCUT2D eigenvalue weighted by Gasteiger charge is -2.27. The van der Waals surface area contributed by atoms with Crippen molar-refractivity contribution in [3.63, 3.8) is 0 Å². The molecule has 0 spiro atoms. The molecule has 17 heavy (non-hydrogen) atoms. The second kappa shape index (κ2) is 5.60. The van der Waals surface area contributed by atoms with E-state index in [0.717, 1.165) is 17.8 Å². The van der Waals surface area contributed by atoms with E-state index in [-0.39, 0.29) is 0 Å². The predicted molar refractivity (Wildman–Crippen MR) is 67.7 cm³/mol. The molecule has 96 valence electrons. The maximum atomic E-state index is 11.1. The number of aromatic nitrogens is 1. The zero-order valence-electron chi connectivity index (χ0n) is 10.7. The second-order valence-corrected chi connectivity index (χ2v) is 4.86. The molecule has 0 unspecified atom stereocenters. The second-order valence-electron chi connectivity index (χ2n) is 3.86. The van der Waals surface area contributed by atoms with Crippen LogP contribution in [0.2, 0.25) is 0 Å². The van der Waals surface area contributed by atoms with Crippen LogP contribution in [0.1, 0.15) is 54.0 Å².